The Bertz CT molecular complexity index is 1080. The van der Waals surface area contributed by atoms with Crippen molar-refractivity contribution in [1.82, 2.24) is 0 Å². The maximum atomic E-state index is 12.2. The van der Waals surface area contributed by atoms with Gasteiger partial charge in [0, 0.05) is 27.4 Å². The molecular weight excluding hydrogens is 421 g/mol. The zero-order chi connectivity index (χ0) is 21.5. The molecule has 0 unspecified atom stereocenters. The molecule has 3 aromatic rings. The summed E-state index contributed by atoms with van der Waals surface area (Å²) in [5, 5.41) is 4.04. The monoisotopic (exact) mass is 441 g/mol. The molecule has 0 saturated carbocycles. The fourth-order valence-corrected chi connectivity index (χ4v) is 3.08. The molecular formula is C24H21Cl2NO3. The molecule has 1 N–H and O–H groups in total. The second-order valence-electron chi connectivity index (χ2n) is 6.58. The van der Waals surface area contributed by atoms with Gasteiger partial charge in [-0.3, -0.25) is 4.79 Å². The Hall–Kier alpha value is -2.95. The summed E-state index contributed by atoms with van der Waals surface area (Å²) < 4.78 is 11.3. The number of anilines is 1. The number of hydrogen-bond donors (Lipinski definition) is 1. The number of aryl methyl sites for hydroxylation is 1. The molecule has 154 valence electrons. The molecule has 0 spiro atoms. The largest absolute Gasteiger partial charge is 0.493 e. The minimum Gasteiger partial charge on any atom is -0.493 e. The molecule has 6 heteroatoms. The van der Waals surface area contributed by atoms with Crippen molar-refractivity contribution in [1.29, 1.82) is 0 Å². The van der Waals surface area contributed by atoms with Gasteiger partial charge in [-0.2, -0.15) is 0 Å². The molecule has 0 heterocycles. The first-order valence-electron chi connectivity index (χ1n) is 9.25. The molecule has 0 radical (unpaired) electrons. The molecule has 0 aliphatic carbocycles. The van der Waals surface area contributed by atoms with E-state index in [1.807, 2.05) is 43.3 Å². The fraction of sp³-hybridized carbons (Fsp3) is 0.125. The highest BCUT2D eigenvalue weighted by atomic mass is 35.5. The van der Waals surface area contributed by atoms with Crippen LogP contribution >= 0.6 is 23.2 Å². The van der Waals surface area contributed by atoms with Crippen LogP contribution in [0.15, 0.2) is 66.7 Å². The number of methoxy groups -OCH3 is 1. The molecule has 0 bridgehead atoms. The van der Waals surface area contributed by atoms with Crippen LogP contribution in [0.2, 0.25) is 10.0 Å². The Labute approximate surface area is 186 Å². The molecule has 3 aromatic carbocycles. The molecule has 0 atom stereocenters. The van der Waals surface area contributed by atoms with E-state index < -0.39 is 0 Å². The van der Waals surface area contributed by atoms with Crippen LogP contribution in [-0.2, 0) is 11.4 Å². The summed E-state index contributed by atoms with van der Waals surface area (Å²) in [6.45, 7) is 2.23. The zero-order valence-corrected chi connectivity index (χ0v) is 18.1. The summed E-state index contributed by atoms with van der Waals surface area (Å²) in [7, 11) is 1.57. The predicted octanol–water partition coefficient (Wildman–Crippen LogP) is 6.54. The SMILES string of the molecule is COc1cc(/C=C/C(=O)Nc2ccc(C)c(Cl)c2)ccc1OCc1ccccc1Cl. The summed E-state index contributed by atoms with van der Waals surface area (Å²) in [5.41, 5.74) is 3.28. The van der Waals surface area contributed by atoms with Crippen molar-refractivity contribution in [2.75, 3.05) is 12.4 Å². The lowest BCUT2D eigenvalue weighted by molar-refractivity contribution is -0.111. The van der Waals surface area contributed by atoms with Crippen LogP contribution in [0.1, 0.15) is 16.7 Å². The van der Waals surface area contributed by atoms with Crippen molar-refractivity contribution in [3.8, 4) is 11.5 Å². The van der Waals surface area contributed by atoms with Crippen molar-refractivity contribution < 1.29 is 14.3 Å². The summed E-state index contributed by atoms with van der Waals surface area (Å²) >= 11 is 12.3. The topological polar surface area (TPSA) is 47.6 Å². The molecule has 4 nitrogen and oxygen atoms in total. The average Bonchev–Trinajstić information content (AvgIpc) is 2.74. The number of ether oxygens (including phenoxy) is 2. The van der Waals surface area contributed by atoms with Crippen LogP contribution in [0.4, 0.5) is 5.69 Å². The van der Waals surface area contributed by atoms with Gasteiger partial charge in [0.15, 0.2) is 11.5 Å². The Balaban J connectivity index is 1.65. The average molecular weight is 442 g/mol. The van der Waals surface area contributed by atoms with Gasteiger partial charge >= 0.3 is 0 Å². The highest BCUT2D eigenvalue weighted by molar-refractivity contribution is 6.31. The molecule has 1 amide bonds. The Kier molecular flexibility index (Phi) is 7.39. The highest BCUT2D eigenvalue weighted by Gasteiger charge is 2.07. The maximum absolute atomic E-state index is 12.2. The number of carbonyl (C=O) groups excluding carboxylic acids is 1. The number of halogens is 2. The van der Waals surface area contributed by atoms with E-state index in [0.717, 1.165) is 16.7 Å². The van der Waals surface area contributed by atoms with Crippen molar-refractivity contribution in [2.45, 2.75) is 13.5 Å². The number of nitrogens with one attached hydrogen (secondary N) is 1. The maximum Gasteiger partial charge on any atom is 0.248 e. The van der Waals surface area contributed by atoms with Gasteiger partial charge in [-0.15, -0.1) is 0 Å². The van der Waals surface area contributed by atoms with E-state index >= 15 is 0 Å². The highest BCUT2D eigenvalue weighted by Crippen LogP contribution is 2.30. The number of rotatable bonds is 7. The standard InChI is InChI=1S/C24H21Cl2NO3/c1-16-7-10-19(14-21(16)26)27-24(28)12-9-17-8-11-22(23(13-17)29-2)30-15-18-5-3-4-6-20(18)25/h3-14H,15H2,1-2H3,(H,27,28)/b12-9+. The normalized spacial score (nSPS) is 10.8. The van der Waals surface area contributed by atoms with Crippen LogP contribution in [0, 0.1) is 6.92 Å². The number of carbonyl (C=O) groups is 1. The van der Waals surface area contributed by atoms with Crippen molar-refractivity contribution >= 4 is 40.9 Å². The van der Waals surface area contributed by atoms with Crippen LogP contribution in [-0.4, -0.2) is 13.0 Å². The molecule has 0 saturated heterocycles. The first-order valence-corrected chi connectivity index (χ1v) is 10.0. The van der Waals surface area contributed by atoms with E-state index in [9.17, 15) is 4.79 Å². The van der Waals surface area contributed by atoms with E-state index in [1.54, 1.807) is 37.5 Å². The van der Waals surface area contributed by atoms with E-state index in [0.29, 0.717) is 33.8 Å². The number of benzene rings is 3. The van der Waals surface area contributed by atoms with E-state index in [1.165, 1.54) is 6.08 Å². The van der Waals surface area contributed by atoms with Crippen molar-refractivity contribution in [2.24, 2.45) is 0 Å². The van der Waals surface area contributed by atoms with Crippen LogP contribution in [0.5, 0.6) is 11.5 Å². The van der Waals surface area contributed by atoms with Gasteiger partial charge in [0.2, 0.25) is 5.91 Å². The third kappa shape index (κ3) is 5.78. The predicted molar refractivity (Wildman–Crippen MR) is 123 cm³/mol. The van der Waals surface area contributed by atoms with Gasteiger partial charge in [0.05, 0.1) is 7.11 Å². The lowest BCUT2D eigenvalue weighted by Gasteiger charge is -2.12. The second-order valence-corrected chi connectivity index (χ2v) is 7.39. The van der Waals surface area contributed by atoms with E-state index in [4.69, 9.17) is 32.7 Å². The molecule has 0 fully saturated rings. The van der Waals surface area contributed by atoms with Gasteiger partial charge in [0.1, 0.15) is 6.61 Å². The molecule has 30 heavy (non-hydrogen) atoms. The summed E-state index contributed by atoms with van der Waals surface area (Å²) in [4.78, 5) is 12.2. The molecule has 0 aliphatic rings. The third-order valence-electron chi connectivity index (χ3n) is 4.40. The van der Waals surface area contributed by atoms with Gasteiger partial charge in [-0.1, -0.05) is 53.5 Å². The van der Waals surface area contributed by atoms with Gasteiger partial charge in [0.25, 0.3) is 0 Å². The minimum atomic E-state index is -0.257. The molecule has 0 aliphatic heterocycles. The zero-order valence-electron chi connectivity index (χ0n) is 16.6. The summed E-state index contributed by atoms with van der Waals surface area (Å²) in [5.74, 6) is 0.899. The Morgan fingerprint density at radius 1 is 1.00 bits per heavy atom. The quantitative estimate of drug-likeness (QED) is 0.423. The first kappa shape index (κ1) is 21.8. The summed E-state index contributed by atoms with van der Waals surface area (Å²) in [6, 6.07) is 18.3. The van der Waals surface area contributed by atoms with Crippen LogP contribution in [0.3, 0.4) is 0 Å². The Morgan fingerprint density at radius 2 is 1.80 bits per heavy atom. The third-order valence-corrected chi connectivity index (χ3v) is 5.17. The van der Waals surface area contributed by atoms with Gasteiger partial charge < -0.3 is 14.8 Å². The molecule has 0 aromatic heterocycles. The van der Waals surface area contributed by atoms with Gasteiger partial charge in [-0.05, 0) is 54.5 Å². The van der Waals surface area contributed by atoms with Crippen molar-refractivity contribution in [3.63, 3.8) is 0 Å². The number of hydrogen-bond acceptors (Lipinski definition) is 3. The second kappa shape index (κ2) is 10.2. The number of amides is 1. The molecule has 3 rings (SSSR count). The van der Waals surface area contributed by atoms with Crippen LogP contribution in [0.25, 0.3) is 6.08 Å². The minimum absolute atomic E-state index is 0.257. The lowest BCUT2D eigenvalue weighted by Crippen LogP contribution is -2.07. The van der Waals surface area contributed by atoms with E-state index in [2.05, 4.69) is 5.32 Å². The smallest absolute Gasteiger partial charge is 0.248 e. The van der Waals surface area contributed by atoms with Crippen molar-refractivity contribution in [3.05, 3.63) is 93.5 Å². The fourth-order valence-electron chi connectivity index (χ4n) is 2.70. The Morgan fingerprint density at radius 3 is 2.53 bits per heavy atom. The first-order chi connectivity index (χ1) is 14.5. The lowest BCUT2D eigenvalue weighted by atomic mass is 10.1. The van der Waals surface area contributed by atoms with Gasteiger partial charge in [-0.25, -0.2) is 0 Å². The van der Waals surface area contributed by atoms with Crippen LogP contribution < -0.4 is 14.8 Å². The summed E-state index contributed by atoms with van der Waals surface area (Å²) in [6.07, 6.45) is 3.15. The van der Waals surface area contributed by atoms with E-state index in [-0.39, 0.29) is 5.91 Å².